The molecule has 1 unspecified atom stereocenters. The van der Waals surface area contributed by atoms with Gasteiger partial charge in [0.2, 0.25) is 0 Å². The Balaban J connectivity index is 1.47. The molecule has 0 radical (unpaired) electrons. The van der Waals surface area contributed by atoms with Gasteiger partial charge in [-0.2, -0.15) is 5.26 Å². The van der Waals surface area contributed by atoms with Crippen LogP contribution in [0.15, 0.2) is 96.6 Å². The molecule has 9 heteroatoms. The van der Waals surface area contributed by atoms with Gasteiger partial charge in [0, 0.05) is 23.3 Å². The van der Waals surface area contributed by atoms with Gasteiger partial charge < -0.3 is 5.32 Å². The molecule has 1 aliphatic carbocycles. The smallest absolute Gasteiger partial charge is 0.266 e. The van der Waals surface area contributed by atoms with E-state index in [0.717, 1.165) is 40.6 Å². The van der Waals surface area contributed by atoms with Crippen molar-refractivity contribution in [2.24, 2.45) is 5.92 Å². The fourth-order valence-corrected chi connectivity index (χ4v) is 5.17. The normalized spacial score (nSPS) is 13.7. The van der Waals surface area contributed by atoms with Gasteiger partial charge in [-0.25, -0.2) is 24.9 Å². The summed E-state index contributed by atoms with van der Waals surface area (Å²) < 4.78 is 1.70. The molecule has 0 spiro atoms. The molecular formula is C31H22N8O. The summed E-state index contributed by atoms with van der Waals surface area (Å²) >= 11 is 0. The predicted octanol–water partition coefficient (Wildman–Crippen LogP) is 5.22. The van der Waals surface area contributed by atoms with Gasteiger partial charge >= 0.3 is 0 Å². The van der Waals surface area contributed by atoms with Crippen molar-refractivity contribution in [2.75, 3.05) is 5.32 Å². The molecule has 1 saturated carbocycles. The number of hydrogen-bond donors (Lipinski definition) is 1. The Hall–Kier alpha value is -5.49. The van der Waals surface area contributed by atoms with E-state index in [-0.39, 0.29) is 17.5 Å². The van der Waals surface area contributed by atoms with Crippen molar-refractivity contribution in [1.29, 1.82) is 5.26 Å². The van der Waals surface area contributed by atoms with Gasteiger partial charge in [0.25, 0.3) is 5.56 Å². The number of nitriles is 1. The van der Waals surface area contributed by atoms with E-state index in [2.05, 4.69) is 31.3 Å². The first kappa shape index (κ1) is 23.6. The largest absolute Gasteiger partial charge is 0.359 e. The lowest BCUT2D eigenvalue weighted by Gasteiger charge is -2.24. The van der Waals surface area contributed by atoms with E-state index in [1.165, 1.54) is 12.7 Å². The quantitative estimate of drug-likeness (QED) is 0.316. The zero-order chi connectivity index (χ0) is 27.1. The van der Waals surface area contributed by atoms with E-state index in [1.807, 2.05) is 54.6 Å². The number of aromatic nitrogens is 6. The average molecular weight is 523 g/mol. The van der Waals surface area contributed by atoms with Crippen molar-refractivity contribution in [3.63, 3.8) is 0 Å². The van der Waals surface area contributed by atoms with E-state index < -0.39 is 0 Å². The first-order chi connectivity index (χ1) is 19.7. The minimum Gasteiger partial charge on any atom is -0.359 e. The molecule has 0 aliphatic heterocycles. The van der Waals surface area contributed by atoms with Crippen LogP contribution >= 0.6 is 0 Å². The lowest BCUT2D eigenvalue weighted by molar-refractivity contribution is 0.610. The maximum Gasteiger partial charge on any atom is 0.266 e. The summed E-state index contributed by atoms with van der Waals surface area (Å²) in [6.45, 7) is 0. The Labute approximate surface area is 228 Å². The first-order valence-electron chi connectivity index (χ1n) is 13.0. The SMILES string of the molecule is N#Cc1ccc2ncnc(NC(c3nc4cccc(-c5cncnc5)c4c(=O)n3-c3ccccc3)C3CC3)c2c1. The molecule has 192 valence electrons. The lowest BCUT2D eigenvalue weighted by Crippen LogP contribution is -2.29. The molecule has 40 heavy (non-hydrogen) atoms. The van der Waals surface area contributed by atoms with E-state index >= 15 is 0 Å². The predicted molar refractivity (Wildman–Crippen MR) is 152 cm³/mol. The third-order valence-electron chi connectivity index (χ3n) is 7.24. The Bertz CT molecular complexity index is 1980. The van der Waals surface area contributed by atoms with E-state index in [1.54, 1.807) is 29.1 Å². The molecule has 6 aromatic rings. The van der Waals surface area contributed by atoms with E-state index in [9.17, 15) is 10.1 Å². The van der Waals surface area contributed by atoms with Crippen molar-refractivity contribution in [2.45, 2.75) is 18.9 Å². The van der Waals surface area contributed by atoms with Crippen LogP contribution in [0, 0.1) is 17.2 Å². The van der Waals surface area contributed by atoms with Gasteiger partial charge in [0.1, 0.15) is 24.3 Å². The number of hydrogen-bond acceptors (Lipinski definition) is 8. The molecular weight excluding hydrogens is 500 g/mol. The standard InChI is InChI=1S/C31H22N8O/c32-14-19-9-12-25-24(13-19)29(36-18-35-25)38-28(20-10-11-20)30-37-26-8-4-7-23(21-15-33-17-34-16-21)27(26)31(40)39(30)22-5-2-1-3-6-22/h1-9,12-13,15-18,20,28H,10-11H2,(H,35,36,38). The summed E-state index contributed by atoms with van der Waals surface area (Å²) in [5.41, 5.74) is 3.88. The fourth-order valence-electron chi connectivity index (χ4n) is 5.17. The molecule has 1 aliphatic rings. The molecule has 0 amide bonds. The molecule has 1 N–H and O–H groups in total. The zero-order valence-electron chi connectivity index (χ0n) is 21.3. The van der Waals surface area contributed by atoms with Gasteiger partial charge in [-0.05, 0) is 60.7 Å². The van der Waals surface area contributed by atoms with E-state index in [0.29, 0.717) is 28.1 Å². The highest BCUT2D eigenvalue weighted by Gasteiger charge is 2.36. The molecule has 9 nitrogen and oxygen atoms in total. The Morgan fingerprint density at radius 2 is 1.75 bits per heavy atom. The second-order valence-electron chi connectivity index (χ2n) is 9.80. The highest BCUT2D eigenvalue weighted by atomic mass is 16.1. The third-order valence-corrected chi connectivity index (χ3v) is 7.24. The number of nitrogens with zero attached hydrogens (tertiary/aromatic N) is 7. The van der Waals surface area contributed by atoms with Crippen LogP contribution in [0.2, 0.25) is 0 Å². The van der Waals surface area contributed by atoms with E-state index in [4.69, 9.17) is 4.98 Å². The van der Waals surface area contributed by atoms with Gasteiger partial charge in [0.05, 0.1) is 39.8 Å². The average Bonchev–Trinajstić information content (AvgIpc) is 3.86. The van der Waals surface area contributed by atoms with Crippen molar-refractivity contribution in [3.8, 4) is 22.9 Å². The number of para-hydroxylation sites is 1. The molecule has 3 aromatic carbocycles. The minimum absolute atomic E-state index is 0.169. The second-order valence-corrected chi connectivity index (χ2v) is 9.80. The number of nitrogens with one attached hydrogen (secondary N) is 1. The molecule has 0 bridgehead atoms. The number of anilines is 1. The summed E-state index contributed by atoms with van der Waals surface area (Å²) in [6, 6.07) is 22.5. The molecule has 3 heterocycles. The van der Waals surface area contributed by atoms with Crippen molar-refractivity contribution < 1.29 is 0 Å². The van der Waals surface area contributed by atoms with Crippen LogP contribution in [0.1, 0.15) is 30.3 Å². The number of rotatable bonds is 6. The van der Waals surface area contributed by atoms with Crippen LogP contribution in [0.3, 0.4) is 0 Å². The van der Waals surface area contributed by atoms with Gasteiger partial charge in [-0.3, -0.25) is 9.36 Å². The summed E-state index contributed by atoms with van der Waals surface area (Å²) in [5.74, 6) is 1.47. The maximum absolute atomic E-state index is 14.4. The maximum atomic E-state index is 14.4. The lowest BCUT2D eigenvalue weighted by atomic mass is 10.0. The third kappa shape index (κ3) is 4.12. The van der Waals surface area contributed by atoms with Crippen molar-refractivity contribution in [1.82, 2.24) is 29.5 Å². The Morgan fingerprint density at radius 3 is 2.52 bits per heavy atom. The number of benzene rings is 3. The van der Waals surface area contributed by atoms with Crippen molar-refractivity contribution >= 4 is 27.6 Å². The Morgan fingerprint density at radius 1 is 0.925 bits per heavy atom. The summed E-state index contributed by atoms with van der Waals surface area (Å²) in [5, 5.41) is 14.3. The summed E-state index contributed by atoms with van der Waals surface area (Å²) in [4.78, 5) is 36.8. The van der Waals surface area contributed by atoms with Crippen LogP contribution in [0.4, 0.5) is 5.82 Å². The van der Waals surface area contributed by atoms with Gasteiger partial charge in [-0.15, -0.1) is 0 Å². The van der Waals surface area contributed by atoms with Crippen molar-refractivity contribution in [3.05, 3.63) is 114 Å². The highest BCUT2D eigenvalue weighted by Crippen LogP contribution is 2.43. The summed E-state index contributed by atoms with van der Waals surface area (Å²) in [6.07, 6.45) is 8.36. The summed E-state index contributed by atoms with van der Waals surface area (Å²) in [7, 11) is 0. The first-order valence-corrected chi connectivity index (χ1v) is 13.0. The highest BCUT2D eigenvalue weighted by molar-refractivity contribution is 5.94. The zero-order valence-corrected chi connectivity index (χ0v) is 21.3. The van der Waals surface area contributed by atoms with Gasteiger partial charge in [0.15, 0.2) is 0 Å². The molecule has 1 fully saturated rings. The van der Waals surface area contributed by atoms with Crippen LogP contribution < -0.4 is 10.9 Å². The topological polar surface area (TPSA) is 122 Å². The fraction of sp³-hybridized carbons (Fsp3) is 0.129. The molecule has 7 rings (SSSR count). The van der Waals surface area contributed by atoms with Crippen LogP contribution in [0.25, 0.3) is 38.6 Å². The molecule has 3 aromatic heterocycles. The van der Waals surface area contributed by atoms with Crippen LogP contribution in [0.5, 0.6) is 0 Å². The van der Waals surface area contributed by atoms with Gasteiger partial charge in [-0.1, -0.05) is 30.3 Å². The number of fused-ring (bicyclic) bond motifs is 2. The van der Waals surface area contributed by atoms with Crippen LogP contribution in [-0.4, -0.2) is 29.5 Å². The van der Waals surface area contributed by atoms with Crippen LogP contribution in [-0.2, 0) is 0 Å². The Kier molecular flexibility index (Phi) is 5.71. The molecule has 0 saturated heterocycles. The second kappa shape index (κ2) is 9.67. The monoisotopic (exact) mass is 522 g/mol. The minimum atomic E-state index is -0.301. The molecule has 1 atom stereocenters.